The minimum absolute atomic E-state index is 0.330. The quantitative estimate of drug-likeness (QED) is 0.812. The summed E-state index contributed by atoms with van der Waals surface area (Å²) in [5.41, 5.74) is 1.20. The maximum atomic E-state index is 12.8. The molecule has 2 heterocycles. The highest BCUT2D eigenvalue weighted by atomic mass is 16.5. The van der Waals surface area contributed by atoms with Gasteiger partial charge in [0.1, 0.15) is 5.75 Å². The fourth-order valence-corrected chi connectivity index (χ4v) is 2.96. The number of imide groups is 1. The molecule has 24 heavy (non-hydrogen) atoms. The van der Waals surface area contributed by atoms with Crippen LogP contribution in [0.1, 0.15) is 0 Å². The molecule has 2 aromatic carbocycles. The van der Waals surface area contributed by atoms with E-state index in [1.54, 1.807) is 55.6 Å². The lowest BCUT2D eigenvalue weighted by atomic mass is 10.1. The monoisotopic (exact) mass is 322 g/mol. The molecule has 2 aliphatic heterocycles. The van der Waals surface area contributed by atoms with Crippen LogP contribution in [0.5, 0.6) is 5.75 Å². The van der Waals surface area contributed by atoms with Gasteiger partial charge in [-0.15, -0.1) is 0 Å². The van der Waals surface area contributed by atoms with Crippen molar-refractivity contribution in [2.75, 3.05) is 17.0 Å². The second-order valence-electron chi connectivity index (χ2n) is 5.49. The average Bonchev–Trinajstić information content (AvgIpc) is 3.16. The molecule has 7 nitrogen and oxygen atoms in total. The van der Waals surface area contributed by atoms with E-state index in [9.17, 15) is 9.59 Å². The van der Waals surface area contributed by atoms with Gasteiger partial charge in [0.25, 0.3) is 11.8 Å². The van der Waals surface area contributed by atoms with Crippen LogP contribution in [0.2, 0.25) is 0 Å². The van der Waals surface area contributed by atoms with Crippen molar-refractivity contribution in [1.29, 1.82) is 0 Å². The van der Waals surface area contributed by atoms with Crippen molar-refractivity contribution < 1.29 is 14.3 Å². The topological polar surface area (TPSA) is 74.6 Å². The Kier molecular flexibility index (Phi) is 3.26. The van der Waals surface area contributed by atoms with Crippen molar-refractivity contribution in [2.24, 2.45) is 10.3 Å². The van der Waals surface area contributed by atoms with E-state index in [4.69, 9.17) is 4.74 Å². The van der Waals surface area contributed by atoms with Crippen LogP contribution < -0.4 is 14.6 Å². The summed E-state index contributed by atoms with van der Waals surface area (Å²) in [6.07, 6.45) is 0. The molecule has 2 aromatic rings. The maximum absolute atomic E-state index is 12.8. The largest absolute Gasteiger partial charge is 0.497 e. The fourth-order valence-electron chi connectivity index (χ4n) is 2.96. The molecule has 7 heteroatoms. The summed E-state index contributed by atoms with van der Waals surface area (Å²) in [7, 11) is 1.56. The van der Waals surface area contributed by atoms with Crippen LogP contribution in [0.3, 0.4) is 0 Å². The molecule has 0 unspecified atom stereocenters. The molecular formula is C17H14N4O3. The Morgan fingerprint density at radius 3 is 2.46 bits per heavy atom. The molecule has 2 atom stereocenters. The lowest BCUT2D eigenvalue weighted by Crippen LogP contribution is -2.39. The second-order valence-corrected chi connectivity index (χ2v) is 5.49. The first-order valence-electron chi connectivity index (χ1n) is 7.47. The number of methoxy groups -OCH3 is 1. The van der Waals surface area contributed by atoms with Gasteiger partial charge in [-0.1, -0.05) is 29.5 Å². The summed E-state index contributed by atoms with van der Waals surface area (Å²) in [4.78, 5) is 26.6. The van der Waals surface area contributed by atoms with Gasteiger partial charge in [-0.2, -0.15) is 5.11 Å². The molecule has 0 N–H and O–H groups in total. The molecule has 0 bridgehead atoms. The predicted octanol–water partition coefficient (Wildman–Crippen LogP) is 2.19. The first kappa shape index (κ1) is 14.4. The first-order chi connectivity index (χ1) is 11.7. The molecule has 4 rings (SSSR count). The van der Waals surface area contributed by atoms with Crippen LogP contribution in [-0.4, -0.2) is 31.0 Å². The molecule has 0 saturated carbocycles. The van der Waals surface area contributed by atoms with Crippen molar-refractivity contribution in [3.05, 3.63) is 54.6 Å². The number of rotatable bonds is 3. The highest BCUT2D eigenvalue weighted by Crippen LogP contribution is 2.35. The molecule has 0 aromatic heterocycles. The van der Waals surface area contributed by atoms with Crippen molar-refractivity contribution >= 4 is 23.2 Å². The van der Waals surface area contributed by atoms with Gasteiger partial charge in [0.2, 0.25) is 0 Å². The summed E-state index contributed by atoms with van der Waals surface area (Å²) in [5.74, 6) is -0.0443. The number of benzene rings is 2. The summed E-state index contributed by atoms with van der Waals surface area (Å²) < 4.78 is 5.20. The number of anilines is 2. The van der Waals surface area contributed by atoms with E-state index in [-0.39, 0.29) is 11.8 Å². The number of hydrogen-bond donors (Lipinski definition) is 0. The van der Waals surface area contributed by atoms with E-state index >= 15 is 0 Å². The van der Waals surface area contributed by atoms with Crippen LogP contribution in [0.4, 0.5) is 11.4 Å². The number of amides is 2. The Labute approximate surface area is 138 Å². The third kappa shape index (κ3) is 2.05. The molecular weight excluding hydrogens is 308 g/mol. The highest BCUT2D eigenvalue weighted by Gasteiger charge is 2.55. The lowest BCUT2D eigenvalue weighted by molar-refractivity contribution is -0.121. The molecule has 120 valence electrons. The SMILES string of the molecule is COc1cccc(N2N=N[C@@H]3C(=O)N(c4ccccc4)C(=O)[C@@H]32)c1. The minimum Gasteiger partial charge on any atom is -0.497 e. The predicted molar refractivity (Wildman–Crippen MR) is 86.8 cm³/mol. The van der Waals surface area contributed by atoms with Crippen molar-refractivity contribution in [1.82, 2.24) is 0 Å². The maximum Gasteiger partial charge on any atom is 0.263 e. The summed E-state index contributed by atoms with van der Waals surface area (Å²) in [6.45, 7) is 0. The van der Waals surface area contributed by atoms with Crippen LogP contribution in [-0.2, 0) is 9.59 Å². The Balaban J connectivity index is 1.70. The minimum atomic E-state index is -0.816. The number of hydrogen-bond acceptors (Lipinski definition) is 6. The van der Waals surface area contributed by atoms with E-state index in [0.717, 1.165) is 0 Å². The number of fused-ring (bicyclic) bond motifs is 1. The zero-order valence-corrected chi connectivity index (χ0v) is 12.9. The van der Waals surface area contributed by atoms with Crippen LogP contribution in [0.25, 0.3) is 0 Å². The van der Waals surface area contributed by atoms with Gasteiger partial charge in [0.15, 0.2) is 12.1 Å². The second kappa shape index (κ2) is 5.45. The van der Waals surface area contributed by atoms with E-state index in [1.165, 1.54) is 9.91 Å². The number of carbonyl (C=O) groups excluding carboxylic acids is 2. The third-order valence-electron chi connectivity index (χ3n) is 4.11. The molecule has 0 radical (unpaired) electrons. The van der Waals surface area contributed by atoms with Gasteiger partial charge >= 0.3 is 0 Å². The van der Waals surface area contributed by atoms with Gasteiger partial charge in [-0.25, -0.2) is 9.91 Å². The zero-order chi connectivity index (χ0) is 16.7. The Bertz CT molecular complexity index is 837. The normalized spacial score (nSPS) is 22.2. The summed E-state index contributed by atoms with van der Waals surface area (Å²) in [6, 6.07) is 14.4. The van der Waals surface area contributed by atoms with E-state index in [1.807, 2.05) is 6.07 Å². The van der Waals surface area contributed by atoms with Gasteiger partial charge in [-0.05, 0) is 24.3 Å². The number of carbonyl (C=O) groups is 2. The van der Waals surface area contributed by atoms with Crippen LogP contribution in [0, 0.1) is 0 Å². The smallest absolute Gasteiger partial charge is 0.263 e. The fraction of sp³-hybridized carbons (Fsp3) is 0.176. The van der Waals surface area contributed by atoms with Crippen LogP contribution in [0.15, 0.2) is 64.9 Å². The number of ether oxygens (including phenoxy) is 1. The molecule has 1 fully saturated rings. The third-order valence-corrected chi connectivity index (χ3v) is 4.11. The van der Waals surface area contributed by atoms with Crippen molar-refractivity contribution in [3.8, 4) is 5.75 Å². The molecule has 1 saturated heterocycles. The Morgan fingerprint density at radius 2 is 1.71 bits per heavy atom. The molecule has 0 spiro atoms. The summed E-state index contributed by atoms with van der Waals surface area (Å²) >= 11 is 0. The van der Waals surface area contributed by atoms with Crippen molar-refractivity contribution in [3.63, 3.8) is 0 Å². The van der Waals surface area contributed by atoms with Gasteiger partial charge in [0, 0.05) is 6.07 Å². The van der Waals surface area contributed by atoms with E-state index < -0.39 is 12.1 Å². The van der Waals surface area contributed by atoms with Crippen LogP contribution >= 0.6 is 0 Å². The summed E-state index contributed by atoms with van der Waals surface area (Å²) in [5, 5.41) is 9.53. The van der Waals surface area contributed by atoms with E-state index in [2.05, 4.69) is 10.3 Å². The molecule has 2 aliphatic rings. The zero-order valence-electron chi connectivity index (χ0n) is 12.9. The van der Waals surface area contributed by atoms with Crippen molar-refractivity contribution in [2.45, 2.75) is 12.1 Å². The van der Waals surface area contributed by atoms with Gasteiger partial charge < -0.3 is 4.74 Å². The Morgan fingerprint density at radius 1 is 0.958 bits per heavy atom. The van der Waals surface area contributed by atoms with E-state index in [0.29, 0.717) is 17.1 Å². The molecule has 2 amide bonds. The number of para-hydroxylation sites is 1. The highest BCUT2D eigenvalue weighted by molar-refractivity contribution is 6.26. The van der Waals surface area contributed by atoms with Gasteiger partial charge in [-0.3, -0.25) is 9.59 Å². The lowest BCUT2D eigenvalue weighted by Gasteiger charge is -2.20. The average molecular weight is 322 g/mol. The standard InChI is InChI=1S/C17H14N4O3/c1-24-13-9-5-8-12(10-13)21-15-14(18-19-21)16(22)20(17(15)23)11-6-3-2-4-7-11/h2-10,14-15H,1H3/t14-,15+/m0/s1. The van der Waals surface area contributed by atoms with Gasteiger partial charge in [0.05, 0.1) is 18.5 Å². The Hall–Kier alpha value is -3.22. The molecule has 0 aliphatic carbocycles. The number of nitrogens with zero attached hydrogens (tertiary/aromatic N) is 4. The first-order valence-corrected chi connectivity index (χ1v) is 7.47.